The molecular formula is C11H21NO3. The molecule has 1 saturated heterocycles. The standard InChI is InChI=1S/C11H21NO3/c1-8-9(2)15-6-5-12(8)7-11(3,4)10(13)14/h8-9H,5-7H2,1-4H3,(H,13,14). The van der Waals surface area contributed by atoms with Gasteiger partial charge in [0.1, 0.15) is 0 Å². The topological polar surface area (TPSA) is 49.8 Å². The van der Waals surface area contributed by atoms with Crippen LogP contribution in [0.2, 0.25) is 0 Å². The highest BCUT2D eigenvalue weighted by atomic mass is 16.5. The number of carbonyl (C=O) groups is 1. The average Bonchev–Trinajstić information content (AvgIpc) is 2.12. The molecule has 0 aliphatic carbocycles. The summed E-state index contributed by atoms with van der Waals surface area (Å²) in [4.78, 5) is 13.2. The highest BCUT2D eigenvalue weighted by molar-refractivity contribution is 5.73. The zero-order valence-electron chi connectivity index (χ0n) is 9.99. The summed E-state index contributed by atoms with van der Waals surface area (Å²) in [7, 11) is 0. The third-order valence-corrected chi connectivity index (χ3v) is 3.19. The van der Waals surface area contributed by atoms with Crippen LogP contribution in [0.3, 0.4) is 0 Å². The Morgan fingerprint density at radius 1 is 1.53 bits per heavy atom. The van der Waals surface area contributed by atoms with Gasteiger partial charge in [-0.3, -0.25) is 9.69 Å². The molecule has 0 spiro atoms. The molecule has 1 aliphatic heterocycles. The molecule has 0 aromatic heterocycles. The van der Waals surface area contributed by atoms with Gasteiger partial charge in [0, 0.05) is 19.1 Å². The predicted molar refractivity (Wildman–Crippen MR) is 57.9 cm³/mol. The molecule has 4 heteroatoms. The van der Waals surface area contributed by atoms with Gasteiger partial charge in [-0.25, -0.2) is 0 Å². The normalized spacial score (nSPS) is 29.1. The van der Waals surface area contributed by atoms with Gasteiger partial charge < -0.3 is 9.84 Å². The van der Waals surface area contributed by atoms with Crippen LogP contribution in [0, 0.1) is 5.41 Å². The van der Waals surface area contributed by atoms with E-state index >= 15 is 0 Å². The fraction of sp³-hybridized carbons (Fsp3) is 0.909. The van der Waals surface area contributed by atoms with Gasteiger partial charge in [0.15, 0.2) is 0 Å². The van der Waals surface area contributed by atoms with Gasteiger partial charge in [-0.15, -0.1) is 0 Å². The van der Waals surface area contributed by atoms with Gasteiger partial charge in [-0.1, -0.05) is 0 Å². The highest BCUT2D eigenvalue weighted by Crippen LogP contribution is 2.22. The van der Waals surface area contributed by atoms with E-state index in [1.54, 1.807) is 13.8 Å². The van der Waals surface area contributed by atoms with Gasteiger partial charge in [0.2, 0.25) is 0 Å². The van der Waals surface area contributed by atoms with Crippen LogP contribution in [0.5, 0.6) is 0 Å². The zero-order chi connectivity index (χ0) is 11.6. The van der Waals surface area contributed by atoms with Crippen LogP contribution < -0.4 is 0 Å². The van der Waals surface area contributed by atoms with E-state index in [0.717, 1.165) is 6.54 Å². The number of morpholine rings is 1. The summed E-state index contributed by atoms with van der Waals surface area (Å²) >= 11 is 0. The number of nitrogens with zero attached hydrogens (tertiary/aromatic N) is 1. The van der Waals surface area contributed by atoms with Gasteiger partial charge in [-0.2, -0.15) is 0 Å². The third-order valence-electron chi connectivity index (χ3n) is 3.19. The lowest BCUT2D eigenvalue weighted by atomic mass is 9.92. The van der Waals surface area contributed by atoms with Crippen molar-refractivity contribution in [3.05, 3.63) is 0 Å². The van der Waals surface area contributed by atoms with Crippen molar-refractivity contribution in [3.8, 4) is 0 Å². The number of carboxylic acids is 1. The molecule has 0 radical (unpaired) electrons. The van der Waals surface area contributed by atoms with E-state index in [0.29, 0.717) is 13.2 Å². The Hall–Kier alpha value is -0.610. The summed E-state index contributed by atoms with van der Waals surface area (Å²) in [6.45, 7) is 9.75. The zero-order valence-corrected chi connectivity index (χ0v) is 9.99. The molecule has 0 aromatic rings. The van der Waals surface area contributed by atoms with Crippen LogP contribution in [-0.2, 0) is 9.53 Å². The molecule has 2 unspecified atom stereocenters. The van der Waals surface area contributed by atoms with Crippen molar-refractivity contribution >= 4 is 5.97 Å². The van der Waals surface area contributed by atoms with Crippen LogP contribution in [0.15, 0.2) is 0 Å². The van der Waals surface area contributed by atoms with E-state index in [2.05, 4.69) is 11.8 Å². The molecule has 0 saturated carbocycles. The van der Waals surface area contributed by atoms with Crippen molar-refractivity contribution < 1.29 is 14.6 Å². The maximum absolute atomic E-state index is 11.0. The van der Waals surface area contributed by atoms with Crippen molar-refractivity contribution in [1.29, 1.82) is 0 Å². The van der Waals surface area contributed by atoms with Crippen molar-refractivity contribution in [2.75, 3.05) is 19.7 Å². The first-order valence-corrected chi connectivity index (χ1v) is 5.43. The summed E-state index contributed by atoms with van der Waals surface area (Å²) < 4.78 is 5.51. The van der Waals surface area contributed by atoms with Crippen molar-refractivity contribution in [1.82, 2.24) is 4.90 Å². The van der Waals surface area contributed by atoms with Crippen LogP contribution >= 0.6 is 0 Å². The summed E-state index contributed by atoms with van der Waals surface area (Å²) in [5.41, 5.74) is -0.689. The summed E-state index contributed by atoms with van der Waals surface area (Å²) in [5, 5.41) is 9.07. The summed E-state index contributed by atoms with van der Waals surface area (Å²) in [6, 6.07) is 0.289. The number of rotatable bonds is 3. The largest absolute Gasteiger partial charge is 0.481 e. The fourth-order valence-corrected chi connectivity index (χ4v) is 1.79. The van der Waals surface area contributed by atoms with E-state index in [4.69, 9.17) is 9.84 Å². The van der Waals surface area contributed by atoms with Gasteiger partial charge >= 0.3 is 5.97 Å². The molecule has 88 valence electrons. The lowest BCUT2D eigenvalue weighted by Crippen LogP contribution is -2.52. The lowest BCUT2D eigenvalue weighted by molar-refractivity contribution is -0.150. The Balaban J connectivity index is 2.61. The summed E-state index contributed by atoms with van der Waals surface area (Å²) in [6.07, 6.45) is 0.184. The van der Waals surface area contributed by atoms with Gasteiger partial charge in [-0.05, 0) is 27.7 Å². The number of hydrogen-bond donors (Lipinski definition) is 1. The molecule has 1 heterocycles. The second-order valence-electron chi connectivity index (χ2n) is 4.98. The first-order chi connectivity index (χ1) is 6.84. The van der Waals surface area contributed by atoms with Crippen molar-refractivity contribution in [2.45, 2.75) is 39.8 Å². The molecule has 0 aromatic carbocycles. The maximum atomic E-state index is 11.0. The minimum atomic E-state index is -0.742. The Morgan fingerprint density at radius 2 is 2.13 bits per heavy atom. The molecule has 0 amide bonds. The molecule has 2 atom stereocenters. The molecule has 1 aliphatic rings. The number of aliphatic carboxylic acids is 1. The lowest BCUT2D eigenvalue weighted by Gasteiger charge is -2.40. The van der Waals surface area contributed by atoms with E-state index in [9.17, 15) is 4.79 Å². The minimum absolute atomic E-state index is 0.184. The molecule has 0 bridgehead atoms. The van der Waals surface area contributed by atoms with Crippen LogP contribution in [-0.4, -0.2) is 47.8 Å². The molecule has 4 nitrogen and oxygen atoms in total. The van der Waals surface area contributed by atoms with E-state index < -0.39 is 11.4 Å². The fourth-order valence-electron chi connectivity index (χ4n) is 1.79. The predicted octanol–water partition coefficient (Wildman–Crippen LogP) is 1.21. The number of hydrogen-bond acceptors (Lipinski definition) is 3. The van der Waals surface area contributed by atoms with Crippen molar-refractivity contribution in [3.63, 3.8) is 0 Å². The number of ether oxygens (including phenoxy) is 1. The first-order valence-electron chi connectivity index (χ1n) is 5.43. The Kier molecular flexibility index (Phi) is 3.73. The van der Waals surface area contributed by atoms with Crippen LogP contribution in [0.4, 0.5) is 0 Å². The highest BCUT2D eigenvalue weighted by Gasteiger charge is 2.34. The van der Waals surface area contributed by atoms with E-state index in [1.165, 1.54) is 0 Å². The molecule has 15 heavy (non-hydrogen) atoms. The quantitative estimate of drug-likeness (QED) is 0.768. The van der Waals surface area contributed by atoms with Gasteiger partial charge in [0.05, 0.1) is 18.1 Å². The van der Waals surface area contributed by atoms with Crippen molar-refractivity contribution in [2.24, 2.45) is 5.41 Å². The Bertz CT molecular complexity index is 240. The third kappa shape index (κ3) is 2.92. The Labute approximate surface area is 91.2 Å². The molecule has 1 N–H and O–H groups in total. The molecule has 1 rings (SSSR count). The molecular weight excluding hydrogens is 194 g/mol. The SMILES string of the molecule is CC1OCCN(CC(C)(C)C(=O)O)C1C. The van der Waals surface area contributed by atoms with Gasteiger partial charge in [0.25, 0.3) is 0 Å². The van der Waals surface area contributed by atoms with E-state index in [-0.39, 0.29) is 12.1 Å². The minimum Gasteiger partial charge on any atom is -0.481 e. The Morgan fingerprint density at radius 3 is 2.67 bits per heavy atom. The monoisotopic (exact) mass is 215 g/mol. The second kappa shape index (κ2) is 4.49. The van der Waals surface area contributed by atoms with Crippen LogP contribution in [0.1, 0.15) is 27.7 Å². The second-order valence-corrected chi connectivity index (χ2v) is 4.98. The maximum Gasteiger partial charge on any atom is 0.310 e. The smallest absolute Gasteiger partial charge is 0.310 e. The first kappa shape index (κ1) is 12.5. The molecule has 1 fully saturated rings. The van der Waals surface area contributed by atoms with Crippen LogP contribution in [0.25, 0.3) is 0 Å². The average molecular weight is 215 g/mol. The number of carboxylic acid groups (broad SMARTS) is 1. The van der Waals surface area contributed by atoms with E-state index in [1.807, 2.05) is 6.92 Å². The summed E-state index contributed by atoms with van der Waals surface area (Å²) in [5.74, 6) is -0.742.